The summed E-state index contributed by atoms with van der Waals surface area (Å²) in [6, 6.07) is 8.52. The maximum absolute atomic E-state index is 13.3. The predicted molar refractivity (Wildman–Crippen MR) is 107 cm³/mol. The molecule has 0 saturated carbocycles. The molecule has 4 heterocycles. The maximum Gasteiger partial charge on any atom is 0.338 e. The number of aromatic nitrogens is 2. The van der Waals surface area contributed by atoms with Crippen LogP contribution in [-0.2, 0) is 33.0 Å². The third-order valence-electron chi connectivity index (χ3n) is 6.10. The van der Waals surface area contributed by atoms with Crippen LogP contribution in [0.25, 0.3) is 22.3 Å². The third kappa shape index (κ3) is 2.44. The highest BCUT2D eigenvalue weighted by Crippen LogP contribution is 2.40. The monoisotopic (exact) mass is 408 g/mol. The minimum absolute atomic E-state index is 0.143. The lowest BCUT2D eigenvalue weighted by molar-refractivity contribution is -0.174. The number of rotatable bonds is 2. The Morgan fingerprint density at radius 2 is 2.10 bits per heavy atom. The van der Waals surface area contributed by atoms with E-state index < -0.39 is 17.7 Å². The second-order valence-corrected chi connectivity index (χ2v) is 7.69. The van der Waals surface area contributed by atoms with Crippen LogP contribution < -0.4 is 5.56 Å². The number of hydrogen-bond acceptors (Lipinski definition) is 7. The van der Waals surface area contributed by atoms with E-state index in [0.29, 0.717) is 29.0 Å². The van der Waals surface area contributed by atoms with Crippen LogP contribution >= 0.6 is 0 Å². The molecule has 2 aliphatic rings. The number of pyridine rings is 2. The number of carbonyl (C=O) groups is 1. The number of phenols is 1. The van der Waals surface area contributed by atoms with E-state index in [1.807, 2.05) is 6.07 Å². The van der Waals surface area contributed by atoms with Crippen LogP contribution in [0.15, 0.2) is 35.1 Å². The first-order valence-electron chi connectivity index (χ1n) is 9.69. The molecule has 2 atom stereocenters. The summed E-state index contributed by atoms with van der Waals surface area (Å²) in [6.07, 6.45) is -1.08. The fraction of sp³-hybridized carbons (Fsp3) is 0.318. The van der Waals surface area contributed by atoms with E-state index in [4.69, 9.17) is 14.5 Å². The summed E-state index contributed by atoms with van der Waals surface area (Å²) in [5.74, 6) is -0.559. The zero-order valence-electron chi connectivity index (χ0n) is 16.5. The van der Waals surface area contributed by atoms with Gasteiger partial charge in [0, 0.05) is 23.6 Å². The summed E-state index contributed by atoms with van der Waals surface area (Å²) >= 11 is 0. The van der Waals surface area contributed by atoms with Gasteiger partial charge in [-0.25, -0.2) is 9.78 Å². The molecule has 0 unspecified atom stereocenters. The smallest absolute Gasteiger partial charge is 0.338 e. The van der Waals surface area contributed by atoms with E-state index in [0.717, 1.165) is 10.9 Å². The van der Waals surface area contributed by atoms with Crippen LogP contribution in [0, 0.1) is 0 Å². The molecule has 8 nitrogen and oxygen atoms in total. The van der Waals surface area contributed by atoms with E-state index in [-0.39, 0.29) is 29.9 Å². The molecule has 1 aromatic carbocycles. The highest BCUT2D eigenvalue weighted by Gasteiger charge is 2.48. The molecule has 2 aromatic heterocycles. The molecule has 0 spiro atoms. The number of aromatic hydroxyl groups is 1. The Bertz CT molecular complexity index is 1280. The Hall–Kier alpha value is -3.23. The summed E-state index contributed by atoms with van der Waals surface area (Å²) in [5, 5.41) is 22.0. The van der Waals surface area contributed by atoms with Crippen molar-refractivity contribution >= 4 is 16.9 Å². The standard InChI is InChI=1S/C22H20N2O6/c1-3-22(28)15-8-17-18-12(6-11-7-13(25)4-5-16(11)23-18)9-24(17)20(26)14(15)10-30-21(27)19(22)29-2/h4-8,19,25,28H,3,9-10H2,1-2H3/t19-,22+/m1/s1. The second kappa shape index (κ2) is 6.38. The normalized spacial score (nSPS) is 22.2. The molecule has 0 fully saturated rings. The van der Waals surface area contributed by atoms with Crippen LogP contribution in [-0.4, -0.2) is 38.9 Å². The van der Waals surface area contributed by atoms with Gasteiger partial charge in [-0.05, 0) is 36.8 Å². The zero-order valence-corrected chi connectivity index (χ0v) is 16.5. The summed E-state index contributed by atoms with van der Waals surface area (Å²) in [6.45, 7) is 1.81. The van der Waals surface area contributed by atoms with Crippen molar-refractivity contribution in [2.75, 3.05) is 7.11 Å². The van der Waals surface area contributed by atoms with Gasteiger partial charge in [0.1, 0.15) is 18.0 Å². The van der Waals surface area contributed by atoms with Crippen LogP contribution in [0.4, 0.5) is 0 Å². The number of aliphatic hydroxyl groups is 1. The van der Waals surface area contributed by atoms with E-state index in [1.54, 1.807) is 35.8 Å². The number of esters is 1. The second-order valence-electron chi connectivity index (χ2n) is 7.69. The third-order valence-corrected chi connectivity index (χ3v) is 6.10. The molecule has 5 rings (SSSR count). The van der Waals surface area contributed by atoms with E-state index >= 15 is 0 Å². The number of fused-ring (bicyclic) bond motifs is 5. The molecule has 0 radical (unpaired) electrons. The highest BCUT2D eigenvalue weighted by atomic mass is 16.6. The van der Waals surface area contributed by atoms with Gasteiger partial charge in [-0.1, -0.05) is 6.92 Å². The van der Waals surface area contributed by atoms with Gasteiger partial charge in [0.2, 0.25) is 0 Å². The van der Waals surface area contributed by atoms with Crippen molar-refractivity contribution < 1.29 is 24.5 Å². The van der Waals surface area contributed by atoms with Crippen molar-refractivity contribution in [3.8, 4) is 17.1 Å². The first kappa shape index (κ1) is 18.8. The Labute approximate surface area is 171 Å². The van der Waals surface area contributed by atoms with Crippen molar-refractivity contribution in [1.82, 2.24) is 9.55 Å². The minimum atomic E-state index is -1.70. The molecule has 154 valence electrons. The van der Waals surface area contributed by atoms with Crippen molar-refractivity contribution in [2.45, 2.75) is 38.2 Å². The van der Waals surface area contributed by atoms with Crippen LogP contribution in [0.3, 0.4) is 0 Å². The largest absolute Gasteiger partial charge is 0.508 e. The van der Waals surface area contributed by atoms with Gasteiger partial charge in [-0.3, -0.25) is 4.79 Å². The molecule has 0 amide bonds. The van der Waals surface area contributed by atoms with E-state index in [2.05, 4.69) is 0 Å². The number of hydrogen-bond donors (Lipinski definition) is 2. The maximum atomic E-state index is 13.3. The van der Waals surface area contributed by atoms with Crippen LogP contribution in [0.2, 0.25) is 0 Å². The molecule has 0 saturated heterocycles. The summed E-state index contributed by atoms with van der Waals surface area (Å²) < 4.78 is 12.1. The van der Waals surface area contributed by atoms with Crippen molar-refractivity contribution in [3.63, 3.8) is 0 Å². The molecule has 0 aliphatic carbocycles. The number of benzene rings is 1. The van der Waals surface area contributed by atoms with Gasteiger partial charge in [0.25, 0.3) is 5.56 Å². The van der Waals surface area contributed by atoms with Gasteiger partial charge >= 0.3 is 5.97 Å². The topological polar surface area (TPSA) is 111 Å². The summed E-state index contributed by atoms with van der Waals surface area (Å²) in [4.78, 5) is 30.4. The van der Waals surface area contributed by atoms with Gasteiger partial charge in [0.05, 0.1) is 29.0 Å². The number of ether oxygens (including phenoxy) is 2. The number of carbonyl (C=O) groups excluding carboxylic acids is 1. The van der Waals surface area contributed by atoms with E-state index in [9.17, 15) is 19.8 Å². The minimum Gasteiger partial charge on any atom is -0.508 e. The van der Waals surface area contributed by atoms with E-state index in [1.165, 1.54) is 7.11 Å². The molecular formula is C22H20N2O6. The van der Waals surface area contributed by atoms with Crippen LogP contribution in [0.1, 0.15) is 30.0 Å². The Kier molecular flexibility index (Phi) is 4.00. The highest BCUT2D eigenvalue weighted by molar-refractivity contribution is 5.85. The zero-order chi connectivity index (χ0) is 21.2. The first-order valence-corrected chi connectivity index (χ1v) is 9.69. The van der Waals surface area contributed by atoms with Crippen molar-refractivity contribution in [2.24, 2.45) is 0 Å². The molecule has 0 bridgehead atoms. The Morgan fingerprint density at radius 1 is 1.30 bits per heavy atom. The average Bonchev–Trinajstić information content (AvgIpc) is 3.04. The Balaban J connectivity index is 1.78. The van der Waals surface area contributed by atoms with Crippen LogP contribution in [0.5, 0.6) is 5.75 Å². The summed E-state index contributed by atoms with van der Waals surface area (Å²) in [5.41, 5.74) is 1.27. The fourth-order valence-corrected chi connectivity index (χ4v) is 4.51. The number of cyclic esters (lactones) is 1. The van der Waals surface area contributed by atoms with Gasteiger partial charge in [0.15, 0.2) is 6.10 Å². The lowest BCUT2D eigenvalue weighted by Crippen LogP contribution is -2.45. The SMILES string of the molecule is CC[C@]1(O)c2cc3n(c(=O)c2COC(=O)[C@H]1OC)Cc1cc2cc(O)ccc2nc1-3. The quantitative estimate of drug-likeness (QED) is 0.487. The van der Waals surface area contributed by atoms with Gasteiger partial charge in [-0.2, -0.15) is 0 Å². The van der Waals surface area contributed by atoms with Crippen molar-refractivity contribution in [3.05, 3.63) is 57.4 Å². The van der Waals surface area contributed by atoms with Crippen molar-refractivity contribution in [1.29, 1.82) is 0 Å². The number of methoxy groups -OCH3 is 1. The first-order chi connectivity index (χ1) is 14.4. The van der Waals surface area contributed by atoms with Gasteiger partial charge in [-0.15, -0.1) is 0 Å². The number of nitrogens with zero attached hydrogens (tertiary/aromatic N) is 2. The molecule has 2 N–H and O–H groups in total. The number of phenolic OH excluding ortho intramolecular Hbond substituents is 1. The molecular weight excluding hydrogens is 388 g/mol. The predicted octanol–water partition coefficient (Wildman–Crippen LogP) is 1.80. The molecule has 3 aromatic rings. The fourth-order valence-electron chi connectivity index (χ4n) is 4.51. The lowest BCUT2D eigenvalue weighted by atomic mass is 9.83. The molecule has 30 heavy (non-hydrogen) atoms. The van der Waals surface area contributed by atoms with Gasteiger partial charge < -0.3 is 24.3 Å². The molecule has 8 heteroatoms. The molecule has 2 aliphatic heterocycles. The summed E-state index contributed by atoms with van der Waals surface area (Å²) in [7, 11) is 1.33. The lowest BCUT2D eigenvalue weighted by Gasteiger charge is -2.32. The Morgan fingerprint density at radius 3 is 2.83 bits per heavy atom. The average molecular weight is 408 g/mol.